The fourth-order valence-corrected chi connectivity index (χ4v) is 3.14. The van der Waals surface area contributed by atoms with Crippen molar-refractivity contribution in [1.82, 2.24) is 9.78 Å². The predicted octanol–water partition coefficient (Wildman–Crippen LogP) is 5.17. The van der Waals surface area contributed by atoms with Gasteiger partial charge in [-0.2, -0.15) is 5.10 Å². The van der Waals surface area contributed by atoms with Gasteiger partial charge >= 0.3 is 0 Å². The largest absolute Gasteiger partial charge is 0.288 e. The molecule has 4 aromatic rings. The first-order chi connectivity index (χ1) is 13.1. The molecule has 1 heterocycles. The van der Waals surface area contributed by atoms with Crippen molar-refractivity contribution in [3.8, 4) is 5.69 Å². The third kappa shape index (κ3) is 3.32. The summed E-state index contributed by atoms with van der Waals surface area (Å²) in [5.74, 6) is 0. The highest BCUT2D eigenvalue weighted by molar-refractivity contribution is 5.90. The van der Waals surface area contributed by atoms with Gasteiger partial charge in [-0.05, 0) is 54.8 Å². The number of benzene rings is 2. The first-order valence-electron chi connectivity index (χ1n) is 8.96. The van der Waals surface area contributed by atoms with Gasteiger partial charge < -0.3 is 0 Å². The van der Waals surface area contributed by atoms with E-state index in [2.05, 4.69) is 32.0 Å². The molecule has 0 aliphatic carbocycles. The fraction of sp³-hybridized carbons (Fsp3) is 0.0833. The molecular formula is C24H20N2O. The van der Waals surface area contributed by atoms with Crippen molar-refractivity contribution < 1.29 is 0 Å². The van der Waals surface area contributed by atoms with Crippen molar-refractivity contribution in [3.05, 3.63) is 105 Å². The molecule has 0 aliphatic heterocycles. The number of aromatic nitrogens is 2. The second-order valence-electron chi connectivity index (χ2n) is 6.65. The summed E-state index contributed by atoms with van der Waals surface area (Å²) >= 11 is 0. The van der Waals surface area contributed by atoms with Crippen LogP contribution in [0.25, 0.3) is 28.7 Å². The highest BCUT2D eigenvalue weighted by Crippen LogP contribution is 2.21. The zero-order valence-corrected chi connectivity index (χ0v) is 15.4. The molecule has 27 heavy (non-hydrogen) atoms. The molecule has 4 rings (SSSR count). The average Bonchev–Trinajstić information content (AvgIpc) is 2.94. The Balaban J connectivity index is 1.90. The van der Waals surface area contributed by atoms with E-state index in [1.165, 1.54) is 11.1 Å². The molecule has 0 aliphatic rings. The lowest BCUT2D eigenvalue weighted by Gasteiger charge is -2.01. The Kier molecular flexibility index (Phi) is 4.43. The lowest BCUT2D eigenvalue weighted by atomic mass is 10.1. The first-order valence-corrected chi connectivity index (χ1v) is 8.96. The summed E-state index contributed by atoms with van der Waals surface area (Å²) in [6.45, 7) is 4.21. The van der Waals surface area contributed by atoms with Crippen LogP contribution in [0.2, 0.25) is 0 Å². The number of aryl methyl sites for hydroxylation is 2. The van der Waals surface area contributed by atoms with Crippen molar-refractivity contribution in [3.63, 3.8) is 0 Å². The molecule has 0 saturated carbocycles. The predicted molar refractivity (Wildman–Crippen MR) is 112 cm³/mol. The Morgan fingerprint density at radius 2 is 1.56 bits per heavy atom. The highest BCUT2D eigenvalue weighted by Gasteiger charge is 2.11. The molecule has 3 aromatic carbocycles. The van der Waals surface area contributed by atoms with Crippen LogP contribution in [-0.4, -0.2) is 9.78 Å². The minimum Gasteiger partial charge on any atom is -0.288 e. The second kappa shape index (κ2) is 7.04. The number of fused-ring (bicyclic) bond motifs is 1. The van der Waals surface area contributed by atoms with Crippen LogP contribution >= 0.6 is 0 Å². The minimum absolute atomic E-state index is 0.0443. The normalized spacial score (nSPS) is 11.3. The van der Waals surface area contributed by atoms with Crippen molar-refractivity contribution in [2.45, 2.75) is 13.8 Å². The van der Waals surface area contributed by atoms with E-state index in [0.717, 1.165) is 22.3 Å². The maximum absolute atomic E-state index is 12.7. The summed E-state index contributed by atoms with van der Waals surface area (Å²) in [7, 11) is 0. The van der Waals surface area contributed by atoms with E-state index in [4.69, 9.17) is 5.10 Å². The SMILES string of the molecule is Cc1ccc(/C=C\c2nn(-c3ccccc3)c3c(=O)ccccc23)cc1C. The molecule has 0 N–H and O–H groups in total. The van der Waals surface area contributed by atoms with Gasteiger partial charge in [-0.3, -0.25) is 4.79 Å². The molecule has 0 saturated heterocycles. The molecule has 1 aromatic heterocycles. The number of rotatable bonds is 3. The van der Waals surface area contributed by atoms with Gasteiger partial charge in [0.1, 0.15) is 5.52 Å². The molecule has 3 nitrogen and oxygen atoms in total. The van der Waals surface area contributed by atoms with Gasteiger partial charge in [0.25, 0.3) is 0 Å². The van der Waals surface area contributed by atoms with Crippen molar-refractivity contribution >= 4 is 23.1 Å². The van der Waals surface area contributed by atoms with Gasteiger partial charge in [0.05, 0.1) is 11.4 Å². The van der Waals surface area contributed by atoms with Crippen LogP contribution in [0.5, 0.6) is 0 Å². The standard InChI is InChI=1S/C24H20N2O/c1-17-12-13-19(16-18(17)2)14-15-22-21-10-6-7-11-23(27)24(21)26(25-22)20-8-4-3-5-9-20/h3-16H,1-2H3/b15-14-. The van der Waals surface area contributed by atoms with Crippen LogP contribution in [0, 0.1) is 13.8 Å². The average molecular weight is 352 g/mol. The summed E-state index contributed by atoms with van der Waals surface area (Å²) < 4.78 is 1.73. The molecule has 132 valence electrons. The zero-order valence-electron chi connectivity index (χ0n) is 15.4. The Hall–Kier alpha value is -3.46. The van der Waals surface area contributed by atoms with Gasteiger partial charge in [-0.15, -0.1) is 0 Å². The van der Waals surface area contributed by atoms with Crippen molar-refractivity contribution in [2.24, 2.45) is 0 Å². The fourth-order valence-electron chi connectivity index (χ4n) is 3.14. The van der Waals surface area contributed by atoms with Crippen LogP contribution < -0.4 is 5.43 Å². The van der Waals surface area contributed by atoms with Crippen LogP contribution in [0.15, 0.2) is 77.6 Å². The van der Waals surface area contributed by atoms with E-state index in [1.54, 1.807) is 16.8 Å². The summed E-state index contributed by atoms with van der Waals surface area (Å²) in [5, 5.41) is 5.57. The lowest BCUT2D eigenvalue weighted by molar-refractivity contribution is 0.902. The molecule has 0 spiro atoms. The van der Waals surface area contributed by atoms with Gasteiger partial charge in [0.2, 0.25) is 5.43 Å². The van der Waals surface area contributed by atoms with Crippen molar-refractivity contribution in [1.29, 1.82) is 0 Å². The van der Waals surface area contributed by atoms with Gasteiger partial charge in [0, 0.05) is 5.39 Å². The van der Waals surface area contributed by atoms with E-state index < -0.39 is 0 Å². The second-order valence-corrected chi connectivity index (χ2v) is 6.65. The monoisotopic (exact) mass is 352 g/mol. The maximum Gasteiger partial charge on any atom is 0.204 e. The molecule has 0 fully saturated rings. The van der Waals surface area contributed by atoms with E-state index >= 15 is 0 Å². The number of para-hydroxylation sites is 1. The Bertz CT molecular complexity index is 1200. The van der Waals surface area contributed by atoms with E-state index in [1.807, 2.05) is 54.6 Å². The Labute approximate surface area is 158 Å². The third-order valence-electron chi connectivity index (χ3n) is 4.77. The minimum atomic E-state index is -0.0443. The zero-order chi connectivity index (χ0) is 18.8. The molecular weight excluding hydrogens is 332 g/mol. The molecule has 0 radical (unpaired) electrons. The number of nitrogens with zero attached hydrogens (tertiary/aromatic N) is 2. The van der Waals surface area contributed by atoms with Gasteiger partial charge in [-0.1, -0.05) is 60.7 Å². The van der Waals surface area contributed by atoms with Crippen LogP contribution in [0.1, 0.15) is 22.4 Å². The van der Waals surface area contributed by atoms with Crippen LogP contribution in [0.3, 0.4) is 0 Å². The van der Waals surface area contributed by atoms with Crippen molar-refractivity contribution in [2.75, 3.05) is 0 Å². The number of hydrogen-bond acceptors (Lipinski definition) is 2. The molecule has 0 amide bonds. The van der Waals surface area contributed by atoms with Gasteiger partial charge in [-0.25, -0.2) is 4.68 Å². The van der Waals surface area contributed by atoms with E-state index in [9.17, 15) is 4.79 Å². The molecule has 0 bridgehead atoms. The molecule has 3 heteroatoms. The summed E-state index contributed by atoms with van der Waals surface area (Å²) in [6.07, 6.45) is 4.02. The van der Waals surface area contributed by atoms with E-state index in [-0.39, 0.29) is 5.43 Å². The summed E-state index contributed by atoms with van der Waals surface area (Å²) in [6, 6.07) is 23.3. The highest BCUT2D eigenvalue weighted by atomic mass is 16.1. The first kappa shape index (κ1) is 17.0. The lowest BCUT2D eigenvalue weighted by Crippen LogP contribution is -2.04. The summed E-state index contributed by atoms with van der Waals surface area (Å²) in [5.41, 5.74) is 5.84. The summed E-state index contributed by atoms with van der Waals surface area (Å²) in [4.78, 5) is 12.7. The maximum atomic E-state index is 12.7. The van der Waals surface area contributed by atoms with Crippen LogP contribution in [-0.2, 0) is 0 Å². The van der Waals surface area contributed by atoms with Gasteiger partial charge in [0.15, 0.2) is 0 Å². The van der Waals surface area contributed by atoms with Crippen LogP contribution in [0.4, 0.5) is 0 Å². The smallest absolute Gasteiger partial charge is 0.204 e. The Morgan fingerprint density at radius 1 is 0.815 bits per heavy atom. The van der Waals surface area contributed by atoms with E-state index in [0.29, 0.717) is 5.52 Å². The third-order valence-corrected chi connectivity index (χ3v) is 4.77. The number of hydrogen-bond donors (Lipinski definition) is 0. The molecule has 0 unspecified atom stereocenters. The molecule has 0 atom stereocenters. The quantitative estimate of drug-likeness (QED) is 0.510. The Morgan fingerprint density at radius 3 is 2.33 bits per heavy atom. The topological polar surface area (TPSA) is 34.9 Å².